The van der Waals surface area contributed by atoms with Crippen molar-refractivity contribution >= 4 is 11.6 Å². The number of aromatic nitrogens is 5. The van der Waals surface area contributed by atoms with Crippen molar-refractivity contribution < 1.29 is 4.39 Å². The van der Waals surface area contributed by atoms with Crippen molar-refractivity contribution in [1.82, 2.24) is 24.6 Å². The highest BCUT2D eigenvalue weighted by Crippen LogP contribution is 2.25. The Morgan fingerprint density at radius 1 is 1.08 bits per heavy atom. The quantitative estimate of drug-likeness (QED) is 0.623. The first kappa shape index (κ1) is 15.2. The van der Waals surface area contributed by atoms with E-state index in [1.807, 2.05) is 37.3 Å². The zero-order chi connectivity index (χ0) is 17.4. The standard InChI is InChI=1S/C18H15FN6/c1-11-16(12-5-3-2-4-6-12)23-18(20)25-17(11)22-15(24-25)9-14-8-7-13(19)10-21-14/h2-8,10H,9H2,1H3,(H2,20,23). The lowest BCUT2D eigenvalue weighted by Gasteiger charge is -2.07. The number of nitrogen functional groups attached to an aromatic ring is 1. The van der Waals surface area contributed by atoms with E-state index in [2.05, 4.69) is 20.1 Å². The number of benzene rings is 1. The minimum atomic E-state index is -0.372. The van der Waals surface area contributed by atoms with E-state index in [4.69, 9.17) is 5.73 Å². The molecule has 0 atom stereocenters. The maximum absolute atomic E-state index is 13.0. The fourth-order valence-electron chi connectivity index (χ4n) is 2.73. The van der Waals surface area contributed by atoms with Gasteiger partial charge in [-0.1, -0.05) is 30.3 Å². The Kier molecular flexibility index (Phi) is 3.61. The zero-order valence-electron chi connectivity index (χ0n) is 13.5. The molecule has 2 N–H and O–H groups in total. The lowest BCUT2D eigenvalue weighted by Crippen LogP contribution is -2.05. The number of anilines is 1. The summed E-state index contributed by atoms with van der Waals surface area (Å²) in [6.07, 6.45) is 1.57. The summed E-state index contributed by atoms with van der Waals surface area (Å²) < 4.78 is 14.5. The smallest absolute Gasteiger partial charge is 0.223 e. The van der Waals surface area contributed by atoms with Gasteiger partial charge in [0.05, 0.1) is 18.3 Å². The van der Waals surface area contributed by atoms with Crippen LogP contribution in [0, 0.1) is 12.7 Å². The molecule has 1 aromatic carbocycles. The molecule has 4 aromatic rings. The van der Waals surface area contributed by atoms with Crippen molar-refractivity contribution in [1.29, 1.82) is 0 Å². The number of nitrogens with zero attached hydrogens (tertiary/aromatic N) is 5. The molecule has 25 heavy (non-hydrogen) atoms. The summed E-state index contributed by atoms with van der Waals surface area (Å²) in [4.78, 5) is 13.1. The predicted octanol–water partition coefficient (Wildman–Crippen LogP) is 2.81. The Morgan fingerprint density at radius 3 is 2.60 bits per heavy atom. The summed E-state index contributed by atoms with van der Waals surface area (Å²) >= 11 is 0. The van der Waals surface area contributed by atoms with Crippen molar-refractivity contribution in [2.45, 2.75) is 13.3 Å². The second kappa shape index (κ2) is 5.94. The molecule has 3 aromatic heterocycles. The molecule has 0 fully saturated rings. The molecule has 124 valence electrons. The Balaban J connectivity index is 1.79. The molecule has 0 amide bonds. The number of hydrogen-bond acceptors (Lipinski definition) is 5. The van der Waals surface area contributed by atoms with Gasteiger partial charge in [0.25, 0.3) is 0 Å². The van der Waals surface area contributed by atoms with E-state index in [0.29, 0.717) is 23.6 Å². The summed E-state index contributed by atoms with van der Waals surface area (Å²) in [5.74, 6) is 0.453. The zero-order valence-corrected chi connectivity index (χ0v) is 13.5. The van der Waals surface area contributed by atoms with Crippen LogP contribution in [0.15, 0.2) is 48.7 Å². The van der Waals surface area contributed by atoms with Crippen molar-refractivity contribution in [2.24, 2.45) is 0 Å². The minimum Gasteiger partial charge on any atom is -0.368 e. The predicted molar refractivity (Wildman–Crippen MR) is 92.4 cm³/mol. The first-order valence-corrected chi connectivity index (χ1v) is 7.79. The van der Waals surface area contributed by atoms with Gasteiger partial charge in [-0.2, -0.15) is 4.52 Å². The normalized spacial score (nSPS) is 11.1. The number of hydrogen-bond donors (Lipinski definition) is 1. The van der Waals surface area contributed by atoms with Crippen LogP contribution in [0.3, 0.4) is 0 Å². The van der Waals surface area contributed by atoms with Gasteiger partial charge in [-0.3, -0.25) is 4.98 Å². The van der Waals surface area contributed by atoms with E-state index in [9.17, 15) is 4.39 Å². The lowest BCUT2D eigenvalue weighted by atomic mass is 10.1. The van der Waals surface area contributed by atoms with Crippen LogP contribution >= 0.6 is 0 Å². The molecule has 0 bridgehead atoms. The second-order valence-corrected chi connectivity index (χ2v) is 5.72. The number of rotatable bonds is 3. The van der Waals surface area contributed by atoms with Gasteiger partial charge in [0.2, 0.25) is 5.95 Å². The molecule has 0 aliphatic rings. The molecule has 0 spiro atoms. The third kappa shape index (κ3) is 2.80. The maximum Gasteiger partial charge on any atom is 0.223 e. The average Bonchev–Trinajstić information content (AvgIpc) is 3.06. The Morgan fingerprint density at radius 2 is 1.88 bits per heavy atom. The fraction of sp³-hybridized carbons (Fsp3) is 0.111. The molecule has 0 saturated carbocycles. The number of nitrogens with two attached hydrogens (primary N) is 1. The summed E-state index contributed by atoms with van der Waals surface area (Å²) in [5.41, 5.74) is 10.1. The third-order valence-electron chi connectivity index (χ3n) is 3.96. The number of aryl methyl sites for hydroxylation is 1. The van der Waals surface area contributed by atoms with Gasteiger partial charge >= 0.3 is 0 Å². The topological polar surface area (TPSA) is 82.0 Å². The lowest BCUT2D eigenvalue weighted by molar-refractivity contribution is 0.619. The van der Waals surface area contributed by atoms with Gasteiger partial charge in [-0.15, -0.1) is 5.10 Å². The third-order valence-corrected chi connectivity index (χ3v) is 3.96. The highest BCUT2D eigenvalue weighted by Gasteiger charge is 2.15. The van der Waals surface area contributed by atoms with Crippen LogP contribution in [-0.4, -0.2) is 24.6 Å². The van der Waals surface area contributed by atoms with E-state index >= 15 is 0 Å². The highest BCUT2D eigenvalue weighted by molar-refractivity contribution is 5.71. The Labute approximate surface area is 143 Å². The van der Waals surface area contributed by atoms with E-state index in [1.165, 1.54) is 16.8 Å². The summed E-state index contributed by atoms with van der Waals surface area (Å²) in [7, 11) is 0. The molecular formula is C18H15FN6. The fourth-order valence-corrected chi connectivity index (χ4v) is 2.73. The first-order chi connectivity index (χ1) is 12.1. The molecular weight excluding hydrogens is 319 g/mol. The number of pyridine rings is 1. The van der Waals surface area contributed by atoms with Crippen LogP contribution in [0.2, 0.25) is 0 Å². The summed E-state index contributed by atoms with van der Waals surface area (Å²) in [5, 5.41) is 4.41. The van der Waals surface area contributed by atoms with Crippen molar-refractivity contribution in [3.63, 3.8) is 0 Å². The highest BCUT2D eigenvalue weighted by atomic mass is 19.1. The minimum absolute atomic E-state index is 0.269. The molecule has 4 rings (SSSR count). The summed E-state index contributed by atoms with van der Waals surface area (Å²) in [6.45, 7) is 1.94. The molecule has 7 heteroatoms. The maximum atomic E-state index is 13.0. The van der Waals surface area contributed by atoms with Gasteiger partial charge in [-0.05, 0) is 19.1 Å². The van der Waals surface area contributed by atoms with Crippen molar-refractivity contribution in [2.75, 3.05) is 5.73 Å². The molecule has 0 saturated heterocycles. The molecule has 0 unspecified atom stereocenters. The van der Waals surface area contributed by atoms with Gasteiger partial charge in [0.15, 0.2) is 11.5 Å². The number of fused-ring (bicyclic) bond motifs is 1. The average molecular weight is 334 g/mol. The van der Waals surface area contributed by atoms with Crippen LogP contribution in [-0.2, 0) is 6.42 Å². The molecule has 0 aliphatic heterocycles. The van der Waals surface area contributed by atoms with Gasteiger partial charge < -0.3 is 5.73 Å². The van der Waals surface area contributed by atoms with E-state index in [1.54, 1.807) is 6.07 Å². The van der Waals surface area contributed by atoms with Crippen LogP contribution in [0.1, 0.15) is 17.1 Å². The second-order valence-electron chi connectivity index (χ2n) is 5.72. The van der Waals surface area contributed by atoms with Crippen LogP contribution in [0.5, 0.6) is 0 Å². The van der Waals surface area contributed by atoms with Crippen LogP contribution < -0.4 is 5.73 Å². The Hall–Kier alpha value is -3.35. The molecule has 3 heterocycles. The summed E-state index contributed by atoms with van der Waals surface area (Å²) in [6, 6.07) is 12.8. The molecule has 6 nitrogen and oxygen atoms in total. The SMILES string of the molecule is Cc1c(-c2ccccc2)nc(N)n2nc(Cc3ccc(F)cn3)nc12. The van der Waals surface area contributed by atoms with Gasteiger partial charge in [0.1, 0.15) is 5.82 Å². The molecule has 0 aliphatic carbocycles. The van der Waals surface area contributed by atoms with Gasteiger partial charge in [-0.25, -0.2) is 14.4 Å². The van der Waals surface area contributed by atoms with Crippen LogP contribution in [0.25, 0.3) is 16.9 Å². The first-order valence-electron chi connectivity index (χ1n) is 7.79. The monoisotopic (exact) mass is 334 g/mol. The van der Waals surface area contributed by atoms with E-state index in [0.717, 1.165) is 16.8 Å². The van der Waals surface area contributed by atoms with Gasteiger partial charge in [0, 0.05) is 16.8 Å². The Bertz CT molecular complexity index is 1040. The largest absolute Gasteiger partial charge is 0.368 e. The van der Waals surface area contributed by atoms with E-state index < -0.39 is 0 Å². The molecule has 0 radical (unpaired) electrons. The van der Waals surface area contributed by atoms with Crippen molar-refractivity contribution in [3.05, 3.63) is 71.6 Å². The van der Waals surface area contributed by atoms with Crippen LogP contribution in [0.4, 0.5) is 10.3 Å². The van der Waals surface area contributed by atoms with Crippen molar-refractivity contribution in [3.8, 4) is 11.3 Å². The van der Waals surface area contributed by atoms with E-state index in [-0.39, 0.29) is 11.8 Å². The number of halogens is 1.